The number of nitrogens with zero attached hydrogens (tertiary/aromatic N) is 1. The largest absolute Gasteiger partial charge is 0.504 e. The van der Waals surface area contributed by atoms with Crippen molar-refractivity contribution in [1.82, 2.24) is 4.90 Å². The highest BCUT2D eigenvalue weighted by Crippen LogP contribution is 2.45. The number of ether oxygens (including phenoxy) is 3. The van der Waals surface area contributed by atoms with E-state index in [1.807, 2.05) is 54.6 Å². The van der Waals surface area contributed by atoms with E-state index in [0.29, 0.717) is 25.5 Å². The number of phenolic OH excluding ortho intramolecular Hbond substituents is 1. The molecule has 1 unspecified atom stereocenters. The van der Waals surface area contributed by atoms with E-state index in [2.05, 4.69) is 35.2 Å². The number of hydrogen-bond acceptors (Lipinski definition) is 5. The predicted octanol–water partition coefficient (Wildman–Crippen LogP) is 6.21. The number of aromatic hydroxyl groups is 1. The van der Waals surface area contributed by atoms with Gasteiger partial charge in [0.1, 0.15) is 13.2 Å². The average Bonchev–Trinajstić information content (AvgIpc) is 2.95. The molecule has 5 nitrogen and oxygen atoms in total. The van der Waals surface area contributed by atoms with E-state index in [1.165, 1.54) is 16.7 Å². The number of rotatable bonds is 7. The van der Waals surface area contributed by atoms with E-state index in [0.717, 1.165) is 47.6 Å². The first kappa shape index (κ1) is 23.4. The van der Waals surface area contributed by atoms with Crippen LogP contribution in [0.2, 0.25) is 0 Å². The Labute approximate surface area is 217 Å². The van der Waals surface area contributed by atoms with Gasteiger partial charge in [-0.3, -0.25) is 4.90 Å². The fraction of sp³-hybridized carbons (Fsp3) is 0.250. The molecule has 0 radical (unpaired) electrons. The molecular weight excluding hydrogens is 462 g/mol. The maximum absolute atomic E-state index is 11.1. The first-order valence-electron chi connectivity index (χ1n) is 12.8. The van der Waals surface area contributed by atoms with Gasteiger partial charge in [-0.1, -0.05) is 66.7 Å². The van der Waals surface area contributed by atoms with Crippen LogP contribution in [0.1, 0.15) is 39.4 Å². The summed E-state index contributed by atoms with van der Waals surface area (Å²) >= 11 is 0. The van der Waals surface area contributed by atoms with E-state index in [9.17, 15) is 5.11 Å². The zero-order valence-corrected chi connectivity index (χ0v) is 21.0. The number of benzene rings is 4. The third kappa shape index (κ3) is 4.75. The Bertz CT molecular complexity index is 1390. The van der Waals surface area contributed by atoms with Gasteiger partial charge in [0.2, 0.25) is 0 Å². The number of hydrogen-bond donors (Lipinski definition) is 1. The standard InChI is InChI=1S/C32H31NO4/c1-35-30-17-25-14-15-33-19-27-24(12-13-29(32(27)34)36-20-22-8-4-2-5-9-22)16-28(33)26(25)18-31(30)37-21-23-10-6-3-7-11-23/h2-13,17-18,28,34H,14-16,19-21H2,1H3. The van der Waals surface area contributed by atoms with Crippen LogP contribution in [0, 0.1) is 0 Å². The van der Waals surface area contributed by atoms with Crippen molar-refractivity contribution < 1.29 is 19.3 Å². The highest BCUT2D eigenvalue weighted by molar-refractivity contribution is 5.54. The normalized spacial score (nSPS) is 16.3. The topological polar surface area (TPSA) is 51.2 Å². The molecule has 0 saturated heterocycles. The summed E-state index contributed by atoms with van der Waals surface area (Å²) in [6.45, 7) is 2.55. The second-order valence-electron chi connectivity index (χ2n) is 9.74. The van der Waals surface area contributed by atoms with Gasteiger partial charge in [0.25, 0.3) is 0 Å². The molecule has 0 saturated carbocycles. The molecule has 0 aromatic heterocycles. The van der Waals surface area contributed by atoms with Gasteiger partial charge in [-0.05, 0) is 58.9 Å². The third-order valence-electron chi connectivity index (χ3n) is 7.49. The van der Waals surface area contributed by atoms with Gasteiger partial charge in [-0.25, -0.2) is 0 Å². The fourth-order valence-electron chi connectivity index (χ4n) is 5.48. The van der Waals surface area contributed by atoms with Gasteiger partial charge in [-0.15, -0.1) is 0 Å². The summed E-state index contributed by atoms with van der Waals surface area (Å²) in [6.07, 6.45) is 1.76. The molecule has 0 amide bonds. The Morgan fingerprint density at radius 1 is 0.784 bits per heavy atom. The van der Waals surface area contributed by atoms with Crippen LogP contribution >= 0.6 is 0 Å². The summed E-state index contributed by atoms with van der Waals surface area (Å²) in [5.74, 6) is 2.35. The molecule has 188 valence electrons. The van der Waals surface area contributed by atoms with Crippen molar-refractivity contribution >= 4 is 0 Å². The molecule has 4 aromatic carbocycles. The maximum atomic E-state index is 11.1. The summed E-state index contributed by atoms with van der Waals surface area (Å²) < 4.78 is 17.9. The Kier molecular flexibility index (Phi) is 6.46. The van der Waals surface area contributed by atoms with Gasteiger partial charge >= 0.3 is 0 Å². The molecule has 2 aliphatic rings. The molecule has 4 aromatic rings. The Morgan fingerprint density at radius 2 is 1.46 bits per heavy atom. The molecule has 5 heteroatoms. The summed E-state index contributed by atoms with van der Waals surface area (Å²) in [6, 6.07) is 28.8. The van der Waals surface area contributed by atoms with Crippen LogP contribution in [-0.4, -0.2) is 23.7 Å². The number of phenols is 1. The maximum Gasteiger partial charge on any atom is 0.162 e. The van der Waals surface area contributed by atoms with Crippen molar-refractivity contribution in [2.75, 3.05) is 13.7 Å². The summed E-state index contributed by atoms with van der Waals surface area (Å²) in [5, 5.41) is 11.1. The lowest BCUT2D eigenvalue weighted by Gasteiger charge is -2.42. The lowest BCUT2D eigenvalue weighted by molar-refractivity contribution is 0.156. The van der Waals surface area contributed by atoms with Crippen LogP contribution in [0.3, 0.4) is 0 Å². The molecule has 1 atom stereocenters. The monoisotopic (exact) mass is 493 g/mol. The van der Waals surface area contributed by atoms with Gasteiger partial charge in [-0.2, -0.15) is 0 Å². The number of methoxy groups -OCH3 is 1. The predicted molar refractivity (Wildman–Crippen MR) is 143 cm³/mol. The first-order valence-corrected chi connectivity index (χ1v) is 12.8. The van der Waals surface area contributed by atoms with Crippen LogP contribution < -0.4 is 14.2 Å². The van der Waals surface area contributed by atoms with Crippen molar-refractivity contribution in [2.24, 2.45) is 0 Å². The van der Waals surface area contributed by atoms with Gasteiger partial charge in [0.05, 0.1) is 7.11 Å². The van der Waals surface area contributed by atoms with Crippen LogP contribution in [0.25, 0.3) is 0 Å². The molecule has 37 heavy (non-hydrogen) atoms. The summed E-state index contributed by atoms with van der Waals surface area (Å²) in [7, 11) is 1.70. The molecule has 0 bridgehead atoms. The van der Waals surface area contributed by atoms with Crippen molar-refractivity contribution in [2.45, 2.75) is 38.6 Å². The Balaban J connectivity index is 1.24. The molecule has 2 heterocycles. The average molecular weight is 494 g/mol. The SMILES string of the molecule is COc1cc2c(cc1OCc1ccccc1)C1Cc3ccc(OCc4ccccc4)c(O)c3CN1CC2. The summed E-state index contributed by atoms with van der Waals surface area (Å²) in [5.41, 5.74) is 6.93. The minimum Gasteiger partial charge on any atom is -0.504 e. The molecule has 2 aliphatic heterocycles. The van der Waals surface area contributed by atoms with Crippen molar-refractivity contribution in [3.8, 4) is 23.0 Å². The highest BCUT2D eigenvalue weighted by atomic mass is 16.5. The lowest BCUT2D eigenvalue weighted by atomic mass is 9.83. The molecule has 0 fully saturated rings. The quantitative estimate of drug-likeness (QED) is 0.332. The van der Waals surface area contributed by atoms with Crippen molar-refractivity contribution in [3.05, 3.63) is 118 Å². The highest BCUT2D eigenvalue weighted by Gasteiger charge is 2.34. The second-order valence-corrected chi connectivity index (χ2v) is 9.74. The summed E-state index contributed by atoms with van der Waals surface area (Å²) in [4.78, 5) is 2.46. The first-order chi connectivity index (χ1) is 18.2. The molecular formula is C32H31NO4. The van der Waals surface area contributed by atoms with Gasteiger partial charge < -0.3 is 19.3 Å². The van der Waals surface area contributed by atoms with E-state index in [4.69, 9.17) is 14.2 Å². The molecule has 1 N–H and O–H groups in total. The van der Waals surface area contributed by atoms with E-state index in [-0.39, 0.29) is 11.8 Å². The van der Waals surface area contributed by atoms with Crippen LogP contribution in [0.5, 0.6) is 23.0 Å². The van der Waals surface area contributed by atoms with Crippen LogP contribution in [0.15, 0.2) is 84.9 Å². The van der Waals surface area contributed by atoms with Gasteiger partial charge in [0, 0.05) is 24.7 Å². The van der Waals surface area contributed by atoms with E-state index < -0.39 is 0 Å². The third-order valence-corrected chi connectivity index (χ3v) is 7.49. The van der Waals surface area contributed by atoms with Crippen LogP contribution in [0.4, 0.5) is 0 Å². The smallest absolute Gasteiger partial charge is 0.162 e. The minimum absolute atomic E-state index is 0.233. The Morgan fingerprint density at radius 3 is 2.14 bits per heavy atom. The van der Waals surface area contributed by atoms with Gasteiger partial charge in [0.15, 0.2) is 23.0 Å². The van der Waals surface area contributed by atoms with Crippen LogP contribution in [-0.2, 0) is 32.6 Å². The number of fused-ring (bicyclic) bond motifs is 4. The zero-order chi connectivity index (χ0) is 25.2. The lowest BCUT2D eigenvalue weighted by Crippen LogP contribution is -2.39. The fourth-order valence-corrected chi connectivity index (χ4v) is 5.48. The van der Waals surface area contributed by atoms with E-state index in [1.54, 1.807) is 7.11 Å². The molecule has 0 aliphatic carbocycles. The molecule has 0 spiro atoms. The van der Waals surface area contributed by atoms with E-state index >= 15 is 0 Å². The molecule has 6 rings (SSSR count). The Hall–Kier alpha value is -3.96. The van der Waals surface area contributed by atoms with Crippen molar-refractivity contribution in [3.63, 3.8) is 0 Å². The van der Waals surface area contributed by atoms with Crippen molar-refractivity contribution in [1.29, 1.82) is 0 Å². The second kappa shape index (κ2) is 10.2. The zero-order valence-electron chi connectivity index (χ0n) is 21.0. The minimum atomic E-state index is 0.233.